The molecule has 0 aliphatic carbocycles. The molecule has 11 N–H and O–H groups in total. The summed E-state index contributed by atoms with van der Waals surface area (Å²) >= 11 is 0. The van der Waals surface area contributed by atoms with E-state index in [1.807, 2.05) is 26.0 Å². The number of carboxylic acid groups (broad SMARTS) is 1. The standard InChI is InChI=1S/C62H70N8O24S6/c1-61(2)52(69(24-6-4-5-11-54(71)72)50-18-14-40-31-38(12-16-44(40)55(50)61)42-33-46(57(73)63-20-27-96(80,81)82)67-47(34-42)58(74)64-21-28-97(83,84)85)9-7-10-53-62(3,37-100(92,93)94)56-45-17-13-39(32-41(45)15-19-51(56)70(53)25-8-26-95(77,78)79)43-35-48(59(75)65-22-29-98(86,87)88)68-49(36-43)60(76)66-23-30-99(89,90)91/h7,9-10,12-19,31-36H,4-6,8,11,20-30,37H2,1-3H3,(H10-,63,64,65,66,71,72,73,74,75,76,77,78,79,80,81,82,83,84,85,86,87,88,89,90,91,92,93,94)/p+1. The molecule has 38 heteroatoms. The first kappa shape index (κ1) is 77.2. The van der Waals surface area contributed by atoms with E-state index < -0.39 is 173 Å². The van der Waals surface area contributed by atoms with Crippen molar-refractivity contribution in [2.75, 3.05) is 78.7 Å². The quantitative estimate of drug-likeness (QED) is 0.0161. The molecule has 4 aromatic carbocycles. The molecule has 8 rings (SSSR count). The molecule has 6 aromatic rings. The Morgan fingerprint density at radius 1 is 0.490 bits per heavy atom. The highest BCUT2D eigenvalue weighted by Gasteiger charge is 2.51. The average Bonchev–Trinajstić information content (AvgIpc) is 1.56. The Balaban J connectivity index is 1.23. The summed E-state index contributed by atoms with van der Waals surface area (Å²) in [6, 6.07) is 22.1. The molecule has 4 amide bonds. The van der Waals surface area contributed by atoms with Crippen molar-refractivity contribution in [2.45, 2.75) is 63.7 Å². The average molecular weight is 1500 g/mol. The Morgan fingerprint density at radius 3 is 1.32 bits per heavy atom. The van der Waals surface area contributed by atoms with E-state index in [0.717, 1.165) is 16.6 Å². The molecule has 32 nitrogen and oxygen atoms in total. The van der Waals surface area contributed by atoms with Crippen LogP contribution in [-0.4, -0.2) is 207 Å². The maximum absolute atomic E-state index is 13.4. The molecule has 0 saturated carbocycles. The van der Waals surface area contributed by atoms with Crippen molar-refractivity contribution in [3.05, 3.63) is 143 Å². The first-order valence-corrected chi connectivity index (χ1v) is 40.1. The summed E-state index contributed by atoms with van der Waals surface area (Å²) in [7, 11) is -27.5. The van der Waals surface area contributed by atoms with E-state index in [4.69, 9.17) is 0 Å². The molecule has 0 bridgehead atoms. The summed E-state index contributed by atoms with van der Waals surface area (Å²) in [4.78, 5) is 75.4. The van der Waals surface area contributed by atoms with Crippen LogP contribution >= 0.6 is 0 Å². The Bertz CT molecular complexity index is 5000. The van der Waals surface area contributed by atoms with Crippen LogP contribution in [0.5, 0.6) is 0 Å². The third-order valence-corrected chi connectivity index (χ3v) is 21.0. The number of rotatable bonds is 32. The van der Waals surface area contributed by atoms with Crippen molar-refractivity contribution in [3.8, 4) is 22.3 Å². The number of nitrogens with one attached hydrogen (secondary N) is 4. The molecule has 1 atom stereocenters. The maximum atomic E-state index is 13.4. The van der Waals surface area contributed by atoms with Gasteiger partial charge < -0.3 is 31.3 Å². The summed E-state index contributed by atoms with van der Waals surface area (Å²) in [5, 5.41) is 20.8. The minimum absolute atomic E-state index is 0.0802. The largest absolute Gasteiger partial charge is 0.481 e. The first-order valence-electron chi connectivity index (χ1n) is 30.5. The van der Waals surface area contributed by atoms with Gasteiger partial charge in [0.05, 0.1) is 34.5 Å². The fourth-order valence-electron chi connectivity index (χ4n) is 12.2. The highest BCUT2D eigenvalue weighted by molar-refractivity contribution is 7.87. The summed E-state index contributed by atoms with van der Waals surface area (Å²) in [6.07, 6.45) is 6.16. The van der Waals surface area contributed by atoms with E-state index in [2.05, 4.69) is 36.1 Å². The number of hydrogen-bond acceptors (Lipinski definition) is 20. The van der Waals surface area contributed by atoms with Crippen LogP contribution in [0.3, 0.4) is 0 Å². The van der Waals surface area contributed by atoms with Crippen LogP contribution in [0.4, 0.5) is 11.4 Å². The molecular formula is C62H71N8O24S6+. The zero-order chi connectivity index (χ0) is 73.7. The molecule has 4 heterocycles. The van der Waals surface area contributed by atoms with Gasteiger partial charge in [-0.25, -0.2) is 9.97 Å². The smallest absolute Gasteiger partial charge is 0.303 e. The number of pyridine rings is 2. The Hall–Kier alpha value is -8.54. The number of nitrogens with zero attached hydrogens (tertiary/aromatic N) is 4. The number of hydrogen-bond donors (Lipinski definition) is 11. The second-order valence-corrected chi connectivity index (χ2v) is 33.7. The van der Waals surface area contributed by atoms with Crippen LogP contribution in [0.2, 0.25) is 0 Å². The number of carbonyl (C=O) groups is 5. The highest BCUT2D eigenvalue weighted by atomic mass is 32.2. The Kier molecular flexibility index (Phi) is 23.4. The Labute approximate surface area is 575 Å². The van der Waals surface area contributed by atoms with Gasteiger partial charge in [-0.1, -0.05) is 56.7 Å². The van der Waals surface area contributed by atoms with Crippen LogP contribution in [0.25, 0.3) is 43.8 Å². The van der Waals surface area contributed by atoms with Crippen LogP contribution in [0, 0.1) is 0 Å². The molecule has 2 aromatic heterocycles. The minimum Gasteiger partial charge on any atom is -0.481 e. The molecule has 0 fully saturated rings. The first-order chi connectivity index (χ1) is 46.4. The van der Waals surface area contributed by atoms with E-state index in [-0.39, 0.29) is 47.6 Å². The number of fused-ring (bicyclic) bond motifs is 6. The number of carboxylic acids is 1. The second-order valence-electron chi connectivity index (χ2n) is 24.3. The predicted molar refractivity (Wildman–Crippen MR) is 368 cm³/mol. The monoisotopic (exact) mass is 1500 g/mol. The highest BCUT2D eigenvalue weighted by Crippen LogP contribution is 2.52. The molecule has 1 unspecified atom stereocenters. The van der Waals surface area contributed by atoms with Crippen molar-refractivity contribution >= 4 is 129 Å². The molecule has 0 saturated heterocycles. The lowest BCUT2D eigenvalue weighted by Crippen LogP contribution is -2.38. The van der Waals surface area contributed by atoms with Crippen LogP contribution in [0.1, 0.15) is 106 Å². The number of benzene rings is 4. The van der Waals surface area contributed by atoms with E-state index in [9.17, 15) is 107 Å². The fraction of sp³-hybridized carbons (Fsp3) is 0.355. The van der Waals surface area contributed by atoms with Gasteiger partial charge in [0.25, 0.3) is 84.3 Å². The van der Waals surface area contributed by atoms with Crippen molar-refractivity contribution in [2.24, 2.45) is 0 Å². The van der Waals surface area contributed by atoms with Crippen molar-refractivity contribution < 1.29 is 111 Å². The number of carbonyl (C=O) groups excluding carboxylic acids is 4. The number of aromatic nitrogens is 2. The molecule has 2 aliphatic rings. The molecule has 2 aliphatic heterocycles. The topological polar surface area (TPSA) is 512 Å². The zero-order valence-electron chi connectivity index (χ0n) is 53.6. The SMILES string of the molecule is CC1(CS(=O)(=O)O)C(/C=C/C=C2/N(CCCCCC(=O)O)c3ccc4cc(-c5cc(C(=O)NCCS(=O)(=O)O)nc(C(=O)NCCS(=O)(=O)O)c5)ccc4c3C2(C)C)=[N+](CCCS(=O)(=O)O)c2ccc3cc(-c4cc(C(=O)NCCS(=O)(=O)O)nc(C(=O)NCCS(=O)(=O)O)c4)ccc3c21. The fourth-order valence-corrected chi connectivity index (χ4v) is 15.1. The van der Waals surface area contributed by atoms with Crippen molar-refractivity contribution in [1.82, 2.24) is 31.2 Å². The second kappa shape index (κ2) is 30.3. The number of anilines is 1. The normalized spacial score (nSPS) is 16.1. The third kappa shape index (κ3) is 20.1. The van der Waals surface area contributed by atoms with Gasteiger partial charge in [-0.2, -0.15) is 55.1 Å². The summed E-state index contributed by atoms with van der Waals surface area (Å²) in [6.45, 7) is 3.45. The predicted octanol–water partition coefficient (Wildman–Crippen LogP) is 3.99. The van der Waals surface area contributed by atoms with E-state index in [0.29, 0.717) is 70.0 Å². The van der Waals surface area contributed by atoms with E-state index in [1.54, 1.807) is 78.3 Å². The molecule has 0 spiro atoms. The summed E-state index contributed by atoms with van der Waals surface area (Å²) < 4.78 is 202. The zero-order valence-corrected chi connectivity index (χ0v) is 58.5. The number of unbranched alkanes of at least 4 members (excludes halogenated alkanes) is 2. The number of allylic oxidation sites excluding steroid dienone is 4. The van der Waals surface area contributed by atoms with Gasteiger partial charge in [0, 0.05) is 80.1 Å². The molecule has 100 heavy (non-hydrogen) atoms. The number of aliphatic carboxylic acids is 1. The van der Waals surface area contributed by atoms with Crippen LogP contribution in [-0.2, 0) is 76.3 Å². The lowest BCUT2D eigenvalue weighted by Gasteiger charge is -2.27. The minimum atomic E-state index is -4.92. The van der Waals surface area contributed by atoms with Gasteiger partial charge in [0.2, 0.25) is 5.69 Å². The molecular weight excluding hydrogens is 1430 g/mol. The van der Waals surface area contributed by atoms with Crippen molar-refractivity contribution in [1.29, 1.82) is 0 Å². The summed E-state index contributed by atoms with van der Waals surface area (Å²) in [5.41, 5.74) is 0.158. The summed E-state index contributed by atoms with van der Waals surface area (Å²) in [5.74, 6) is -9.94. The van der Waals surface area contributed by atoms with Gasteiger partial charge in [-0.05, 0) is 124 Å². The maximum Gasteiger partial charge on any atom is 0.303 e. The van der Waals surface area contributed by atoms with Gasteiger partial charge in [0.15, 0.2) is 5.71 Å². The van der Waals surface area contributed by atoms with Crippen molar-refractivity contribution in [3.63, 3.8) is 0 Å². The molecule has 0 radical (unpaired) electrons. The number of amides is 4. The lowest BCUT2D eigenvalue weighted by atomic mass is 9.78. The Morgan fingerprint density at radius 2 is 0.910 bits per heavy atom. The van der Waals surface area contributed by atoms with Gasteiger partial charge in [-0.3, -0.25) is 51.3 Å². The van der Waals surface area contributed by atoms with Crippen LogP contribution < -0.4 is 26.2 Å². The van der Waals surface area contributed by atoms with E-state index >= 15 is 0 Å². The van der Waals surface area contributed by atoms with Gasteiger partial charge in [0.1, 0.15) is 34.7 Å². The molecule has 538 valence electrons. The third-order valence-electron chi connectivity index (χ3n) is 16.4. The lowest BCUT2D eigenvalue weighted by molar-refractivity contribution is -0.437. The van der Waals surface area contributed by atoms with Gasteiger partial charge >= 0.3 is 5.97 Å². The van der Waals surface area contributed by atoms with E-state index in [1.165, 1.54) is 24.3 Å². The van der Waals surface area contributed by atoms with Gasteiger partial charge in [-0.15, -0.1) is 0 Å². The van der Waals surface area contributed by atoms with Crippen LogP contribution in [0.15, 0.2) is 109 Å².